The quantitative estimate of drug-likeness (QED) is 0.643. The van der Waals surface area contributed by atoms with E-state index in [-0.39, 0.29) is 0 Å². The zero-order valence-electron chi connectivity index (χ0n) is 8.59. The lowest BCUT2D eigenvalue weighted by atomic mass is 10.3. The number of nitrogens with two attached hydrogens (primary N) is 2. The fourth-order valence-electron chi connectivity index (χ4n) is 1.22. The number of nitrogen functional groups attached to an aromatic ring is 2. The van der Waals surface area contributed by atoms with Crippen LogP contribution in [0.2, 0.25) is 0 Å². The maximum absolute atomic E-state index is 5.58. The molecule has 0 spiro atoms. The molecule has 0 aromatic carbocycles. The molecule has 4 nitrogen and oxygen atoms in total. The van der Waals surface area contributed by atoms with E-state index in [1.165, 1.54) is 5.56 Å². The van der Waals surface area contributed by atoms with Crippen LogP contribution in [-0.4, -0.2) is 15.7 Å². The van der Waals surface area contributed by atoms with E-state index < -0.39 is 0 Å². The molecule has 0 aliphatic rings. The molecule has 2 aromatic rings. The Hall–Kier alpha value is -1.27. The standard InChI is InChI=1S/C10H12N4S2/c11-8-5-9(12)14-10(13-8)16-4-2-7-1-3-15-6-7/h1,3,5-6H,2,4H2,(H4,11,12,13,14). The van der Waals surface area contributed by atoms with Gasteiger partial charge in [0.1, 0.15) is 11.6 Å². The predicted molar refractivity (Wildman–Crippen MR) is 69.6 cm³/mol. The maximum Gasteiger partial charge on any atom is 0.191 e. The summed E-state index contributed by atoms with van der Waals surface area (Å²) in [5, 5.41) is 4.87. The van der Waals surface area contributed by atoms with Gasteiger partial charge < -0.3 is 11.5 Å². The summed E-state index contributed by atoms with van der Waals surface area (Å²) in [6, 6.07) is 3.68. The van der Waals surface area contributed by atoms with Crippen molar-refractivity contribution in [2.24, 2.45) is 0 Å². The van der Waals surface area contributed by atoms with Crippen molar-refractivity contribution in [3.05, 3.63) is 28.5 Å². The summed E-state index contributed by atoms with van der Waals surface area (Å²) in [4.78, 5) is 8.21. The Morgan fingerprint density at radius 2 is 2.00 bits per heavy atom. The second-order valence-electron chi connectivity index (χ2n) is 3.23. The lowest BCUT2D eigenvalue weighted by molar-refractivity contribution is 0.981. The highest BCUT2D eigenvalue weighted by molar-refractivity contribution is 7.99. The van der Waals surface area contributed by atoms with E-state index in [9.17, 15) is 0 Å². The molecule has 0 unspecified atom stereocenters. The van der Waals surface area contributed by atoms with Crippen molar-refractivity contribution in [3.8, 4) is 0 Å². The smallest absolute Gasteiger partial charge is 0.191 e. The fraction of sp³-hybridized carbons (Fsp3) is 0.200. The zero-order chi connectivity index (χ0) is 11.4. The summed E-state index contributed by atoms with van der Waals surface area (Å²) in [7, 11) is 0. The van der Waals surface area contributed by atoms with Crippen molar-refractivity contribution in [2.45, 2.75) is 11.6 Å². The zero-order valence-corrected chi connectivity index (χ0v) is 10.2. The first-order chi connectivity index (χ1) is 7.74. The Kier molecular flexibility index (Phi) is 3.63. The van der Waals surface area contributed by atoms with Crippen LogP contribution in [0.15, 0.2) is 28.0 Å². The molecule has 0 aliphatic carbocycles. The van der Waals surface area contributed by atoms with Crippen LogP contribution < -0.4 is 11.5 Å². The first kappa shape index (κ1) is 11.2. The molecule has 2 heterocycles. The lowest BCUT2D eigenvalue weighted by Crippen LogP contribution is -1.99. The number of hydrogen-bond acceptors (Lipinski definition) is 6. The molecule has 0 atom stereocenters. The summed E-state index contributed by atoms with van der Waals surface area (Å²) in [5.74, 6) is 1.77. The van der Waals surface area contributed by atoms with Crippen LogP contribution in [0.5, 0.6) is 0 Å². The van der Waals surface area contributed by atoms with Crippen molar-refractivity contribution in [1.82, 2.24) is 9.97 Å². The van der Waals surface area contributed by atoms with Gasteiger partial charge in [0.2, 0.25) is 0 Å². The molecule has 0 radical (unpaired) electrons. The molecular weight excluding hydrogens is 240 g/mol. The minimum Gasteiger partial charge on any atom is -0.383 e. The highest BCUT2D eigenvalue weighted by atomic mass is 32.2. The molecule has 84 valence electrons. The molecule has 2 rings (SSSR count). The molecule has 0 aliphatic heterocycles. The van der Waals surface area contributed by atoms with Gasteiger partial charge in [0.15, 0.2) is 5.16 Å². The third kappa shape index (κ3) is 3.11. The number of thioether (sulfide) groups is 1. The average molecular weight is 252 g/mol. The van der Waals surface area contributed by atoms with Crippen LogP contribution in [0.4, 0.5) is 11.6 Å². The van der Waals surface area contributed by atoms with Crippen molar-refractivity contribution in [2.75, 3.05) is 17.2 Å². The van der Waals surface area contributed by atoms with E-state index in [0.717, 1.165) is 12.2 Å². The van der Waals surface area contributed by atoms with Crippen LogP contribution in [0.25, 0.3) is 0 Å². The molecule has 0 saturated carbocycles. The number of anilines is 2. The summed E-state index contributed by atoms with van der Waals surface area (Å²) in [6.07, 6.45) is 1.01. The van der Waals surface area contributed by atoms with E-state index in [1.807, 2.05) is 0 Å². The summed E-state index contributed by atoms with van der Waals surface area (Å²) in [5.41, 5.74) is 12.5. The molecule has 2 aromatic heterocycles. The Bertz CT molecular complexity index is 436. The second kappa shape index (κ2) is 5.18. The van der Waals surface area contributed by atoms with E-state index in [1.54, 1.807) is 29.2 Å². The highest BCUT2D eigenvalue weighted by Crippen LogP contribution is 2.18. The van der Waals surface area contributed by atoms with Gasteiger partial charge in [-0.3, -0.25) is 0 Å². The van der Waals surface area contributed by atoms with Crippen LogP contribution in [0, 0.1) is 0 Å². The summed E-state index contributed by atoms with van der Waals surface area (Å²) < 4.78 is 0. The summed E-state index contributed by atoms with van der Waals surface area (Å²) in [6.45, 7) is 0. The van der Waals surface area contributed by atoms with Crippen molar-refractivity contribution >= 4 is 34.7 Å². The minimum absolute atomic E-state index is 0.422. The fourth-order valence-corrected chi connectivity index (χ4v) is 2.78. The van der Waals surface area contributed by atoms with Crippen LogP contribution in [0.3, 0.4) is 0 Å². The van der Waals surface area contributed by atoms with E-state index in [2.05, 4.69) is 26.8 Å². The Balaban J connectivity index is 1.89. The van der Waals surface area contributed by atoms with Gasteiger partial charge in [-0.1, -0.05) is 11.8 Å². The number of thiophene rings is 1. The number of nitrogens with zero attached hydrogens (tertiary/aromatic N) is 2. The molecular formula is C10H12N4S2. The van der Waals surface area contributed by atoms with Gasteiger partial charge in [0.25, 0.3) is 0 Å². The van der Waals surface area contributed by atoms with Gasteiger partial charge in [-0.05, 0) is 28.8 Å². The largest absolute Gasteiger partial charge is 0.383 e. The van der Waals surface area contributed by atoms with Gasteiger partial charge in [0, 0.05) is 11.8 Å². The predicted octanol–water partition coefficient (Wildman–Crippen LogP) is 2.04. The van der Waals surface area contributed by atoms with E-state index in [0.29, 0.717) is 16.8 Å². The topological polar surface area (TPSA) is 77.8 Å². The monoisotopic (exact) mass is 252 g/mol. The molecule has 0 saturated heterocycles. The first-order valence-corrected chi connectivity index (χ1v) is 6.71. The van der Waals surface area contributed by atoms with Crippen LogP contribution in [0.1, 0.15) is 5.56 Å². The number of rotatable bonds is 4. The molecule has 0 bridgehead atoms. The normalized spacial score (nSPS) is 10.5. The molecule has 6 heteroatoms. The van der Waals surface area contributed by atoms with Crippen LogP contribution in [-0.2, 0) is 6.42 Å². The summed E-state index contributed by atoms with van der Waals surface area (Å²) >= 11 is 3.28. The van der Waals surface area contributed by atoms with Crippen molar-refractivity contribution in [1.29, 1.82) is 0 Å². The SMILES string of the molecule is Nc1cc(N)nc(SCCc2ccsc2)n1. The number of aryl methyl sites for hydroxylation is 1. The second-order valence-corrected chi connectivity index (χ2v) is 5.07. The Morgan fingerprint density at radius 3 is 2.62 bits per heavy atom. The third-order valence-electron chi connectivity index (χ3n) is 1.95. The van der Waals surface area contributed by atoms with Gasteiger partial charge in [-0.15, -0.1) is 0 Å². The van der Waals surface area contributed by atoms with Gasteiger partial charge in [-0.25, -0.2) is 9.97 Å². The molecule has 4 N–H and O–H groups in total. The minimum atomic E-state index is 0.422. The van der Waals surface area contributed by atoms with Crippen molar-refractivity contribution < 1.29 is 0 Å². The first-order valence-electron chi connectivity index (χ1n) is 4.78. The van der Waals surface area contributed by atoms with Crippen molar-refractivity contribution in [3.63, 3.8) is 0 Å². The molecule has 16 heavy (non-hydrogen) atoms. The Labute approximate surface area is 102 Å². The third-order valence-corrected chi connectivity index (χ3v) is 3.53. The average Bonchev–Trinajstić information content (AvgIpc) is 2.69. The van der Waals surface area contributed by atoms with Gasteiger partial charge in [0.05, 0.1) is 0 Å². The molecule has 0 fully saturated rings. The van der Waals surface area contributed by atoms with Gasteiger partial charge >= 0.3 is 0 Å². The Morgan fingerprint density at radius 1 is 1.25 bits per heavy atom. The maximum atomic E-state index is 5.58. The molecule has 0 amide bonds. The highest BCUT2D eigenvalue weighted by Gasteiger charge is 2.01. The number of hydrogen-bond donors (Lipinski definition) is 2. The van der Waals surface area contributed by atoms with Crippen LogP contribution >= 0.6 is 23.1 Å². The van der Waals surface area contributed by atoms with E-state index in [4.69, 9.17) is 11.5 Å². The number of aromatic nitrogens is 2. The lowest BCUT2D eigenvalue weighted by Gasteiger charge is -2.01. The van der Waals surface area contributed by atoms with E-state index >= 15 is 0 Å². The van der Waals surface area contributed by atoms with Gasteiger partial charge in [-0.2, -0.15) is 11.3 Å².